The van der Waals surface area contributed by atoms with Gasteiger partial charge in [0.15, 0.2) is 5.65 Å². The minimum absolute atomic E-state index is 0.126. The molecule has 0 radical (unpaired) electrons. The van der Waals surface area contributed by atoms with E-state index in [9.17, 15) is 14.2 Å². The summed E-state index contributed by atoms with van der Waals surface area (Å²) in [5, 5.41) is 0. The molecule has 14 heteroatoms. The van der Waals surface area contributed by atoms with E-state index >= 15 is 0 Å². The lowest BCUT2D eigenvalue weighted by molar-refractivity contribution is -0.152. The van der Waals surface area contributed by atoms with Crippen molar-refractivity contribution in [2.75, 3.05) is 25.7 Å². The van der Waals surface area contributed by atoms with Gasteiger partial charge in [-0.3, -0.25) is 23.2 Å². The number of anilines is 1. The Bertz CT molecular complexity index is 1010. The molecular formula is C20H30N5O8P. The predicted molar refractivity (Wildman–Crippen MR) is 119 cm³/mol. The van der Waals surface area contributed by atoms with Crippen LogP contribution in [0.4, 0.5) is 5.95 Å². The number of rotatable bonds is 15. The second kappa shape index (κ2) is 11.7. The second-order valence-electron chi connectivity index (χ2n) is 7.90. The maximum absolute atomic E-state index is 13.2. The van der Waals surface area contributed by atoms with Crippen LogP contribution in [0, 0.1) is 0 Å². The number of esters is 2. The number of hydrogen-bond acceptors (Lipinski definition) is 12. The topological polar surface area (TPSA) is 167 Å². The van der Waals surface area contributed by atoms with Crippen molar-refractivity contribution in [3.8, 4) is 0 Å². The average molecular weight is 499 g/mol. The first kappa shape index (κ1) is 26.0. The largest absolute Gasteiger partial charge is 0.438 e. The van der Waals surface area contributed by atoms with Crippen LogP contribution >= 0.6 is 7.60 Å². The molecule has 34 heavy (non-hydrogen) atoms. The van der Waals surface area contributed by atoms with Crippen LogP contribution in [0.2, 0.25) is 0 Å². The van der Waals surface area contributed by atoms with Crippen molar-refractivity contribution in [1.82, 2.24) is 19.5 Å². The van der Waals surface area contributed by atoms with Gasteiger partial charge in [0.05, 0.1) is 24.7 Å². The van der Waals surface area contributed by atoms with E-state index in [1.54, 1.807) is 10.9 Å². The van der Waals surface area contributed by atoms with Crippen LogP contribution < -0.4 is 5.73 Å². The maximum atomic E-state index is 13.2. The van der Waals surface area contributed by atoms with Crippen LogP contribution in [-0.4, -0.2) is 57.0 Å². The van der Waals surface area contributed by atoms with Crippen LogP contribution in [-0.2, 0) is 44.0 Å². The fourth-order valence-electron chi connectivity index (χ4n) is 3.01. The number of imidazole rings is 1. The molecule has 0 aromatic carbocycles. The Balaban J connectivity index is 1.60. The zero-order valence-corrected chi connectivity index (χ0v) is 20.2. The van der Waals surface area contributed by atoms with E-state index in [1.165, 1.54) is 6.20 Å². The van der Waals surface area contributed by atoms with Gasteiger partial charge in [-0.1, -0.05) is 13.8 Å². The molecule has 0 atom stereocenters. The minimum Gasteiger partial charge on any atom is -0.438 e. The number of nitrogens with zero attached hydrogens (tertiary/aromatic N) is 4. The van der Waals surface area contributed by atoms with Crippen molar-refractivity contribution in [3.05, 3.63) is 12.5 Å². The summed E-state index contributed by atoms with van der Waals surface area (Å²) < 4.78 is 41.3. The summed E-state index contributed by atoms with van der Waals surface area (Å²) in [5.41, 5.74) is 6.20. The van der Waals surface area contributed by atoms with Crippen LogP contribution in [0.5, 0.6) is 0 Å². The number of carbonyl (C=O) groups excluding carboxylic acids is 2. The fourth-order valence-corrected chi connectivity index (χ4v) is 4.09. The molecule has 0 bridgehead atoms. The van der Waals surface area contributed by atoms with E-state index in [4.69, 9.17) is 29.0 Å². The summed E-state index contributed by atoms with van der Waals surface area (Å²) in [5.74, 6) is -0.853. The van der Waals surface area contributed by atoms with Gasteiger partial charge < -0.3 is 24.5 Å². The summed E-state index contributed by atoms with van der Waals surface area (Å²) in [6, 6.07) is 0. The molecule has 0 amide bonds. The standard InChI is InChI=1S/C20H30N5O8P/c1-3-5-16(26)29-12-32-34(28,33-13-30-17(27)6-4-2)14-31-20(7-8-20)10-25-11-23-15-9-22-19(21)24-18(15)25/h9,11H,3-8,10,12-14H2,1-2H3,(H2,21,22,24). The predicted octanol–water partition coefficient (Wildman–Crippen LogP) is 2.74. The summed E-state index contributed by atoms with van der Waals surface area (Å²) in [4.78, 5) is 35.5. The Morgan fingerprint density at radius 2 is 1.71 bits per heavy atom. The number of nitrogens with two attached hydrogens (primary N) is 1. The van der Waals surface area contributed by atoms with E-state index in [2.05, 4.69) is 15.0 Å². The van der Waals surface area contributed by atoms with Gasteiger partial charge in [0, 0.05) is 12.8 Å². The van der Waals surface area contributed by atoms with E-state index in [1.807, 2.05) is 13.8 Å². The number of fused-ring (bicyclic) bond motifs is 1. The molecular weight excluding hydrogens is 469 g/mol. The molecule has 1 aliphatic rings. The van der Waals surface area contributed by atoms with Gasteiger partial charge >= 0.3 is 19.5 Å². The summed E-state index contributed by atoms with van der Waals surface area (Å²) in [6.45, 7) is 2.90. The van der Waals surface area contributed by atoms with Gasteiger partial charge in [-0.2, -0.15) is 4.98 Å². The van der Waals surface area contributed by atoms with E-state index in [0.717, 1.165) is 0 Å². The van der Waals surface area contributed by atoms with Gasteiger partial charge in [-0.25, -0.2) is 9.97 Å². The molecule has 2 heterocycles. The van der Waals surface area contributed by atoms with E-state index in [0.29, 0.717) is 43.4 Å². The monoisotopic (exact) mass is 499 g/mol. The molecule has 188 valence electrons. The second-order valence-corrected chi connectivity index (χ2v) is 9.90. The zero-order valence-electron chi connectivity index (χ0n) is 19.3. The molecule has 1 saturated carbocycles. The highest BCUT2D eigenvalue weighted by Crippen LogP contribution is 2.52. The number of hydrogen-bond donors (Lipinski definition) is 1. The lowest BCUT2D eigenvalue weighted by Gasteiger charge is -2.22. The maximum Gasteiger partial charge on any atom is 0.361 e. The molecule has 1 fully saturated rings. The van der Waals surface area contributed by atoms with Gasteiger partial charge in [0.25, 0.3) is 0 Å². The number of ether oxygens (including phenoxy) is 3. The smallest absolute Gasteiger partial charge is 0.361 e. The number of aromatic nitrogens is 4. The van der Waals surface area contributed by atoms with Crippen molar-refractivity contribution < 1.29 is 37.4 Å². The average Bonchev–Trinajstić information content (AvgIpc) is 3.46. The van der Waals surface area contributed by atoms with Crippen molar-refractivity contribution >= 4 is 36.6 Å². The van der Waals surface area contributed by atoms with Gasteiger partial charge in [0.2, 0.25) is 19.5 Å². The highest BCUT2D eigenvalue weighted by molar-refractivity contribution is 7.53. The Hall–Kier alpha value is -2.60. The van der Waals surface area contributed by atoms with Crippen LogP contribution in [0.3, 0.4) is 0 Å². The summed E-state index contributed by atoms with van der Waals surface area (Å²) in [7, 11) is -3.92. The third-order valence-electron chi connectivity index (χ3n) is 5.02. The quantitative estimate of drug-likeness (QED) is 0.216. The van der Waals surface area contributed by atoms with E-state index < -0.39 is 45.1 Å². The third kappa shape index (κ3) is 7.45. The Labute approximate surface area is 196 Å². The zero-order chi connectivity index (χ0) is 24.6. The van der Waals surface area contributed by atoms with Crippen LogP contribution in [0.25, 0.3) is 11.2 Å². The lowest BCUT2D eigenvalue weighted by Crippen LogP contribution is -2.23. The molecule has 0 aliphatic heterocycles. The summed E-state index contributed by atoms with van der Waals surface area (Å²) >= 11 is 0. The molecule has 1 aliphatic carbocycles. The van der Waals surface area contributed by atoms with Gasteiger partial charge in [0.1, 0.15) is 11.9 Å². The van der Waals surface area contributed by atoms with Crippen molar-refractivity contribution in [2.24, 2.45) is 0 Å². The molecule has 2 aromatic rings. The first-order chi connectivity index (χ1) is 16.3. The Kier molecular flexibility index (Phi) is 8.95. The molecule has 2 N–H and O–H groups in total. The highest BCUT2D eigenvalue weighted by Gasteiger charge is 2.47. The third-order valence-corrected chi connectivity index (χ3v) is 6.46. The number of nitrogen functional groups attached to an aromatic ring is 1. The SMILES string of the molecule is CCCC(=O)OCOP(=O)(COC1(Cn2cnc3cnc(N)nc32)CC1)OCOC(=O)CCC. The molecule has 13 nitrogen and oxygen atoms in total. The van der Waals surface area contributed by atoms with Crippen molar-refractivity contribution in [1.29, 1.82) is 0 Å². The van der Waals surface area contributed by atoms with Crippen LogP contribution in [0.15, 0.2) is 12.5 Å². The normalized spacial score (nSPS) is 14.8. The Morgan fingerprint density at radius 1 is 1.09 bits per heavy atom. The van der Waals surface area contributed by atoms with E-state index in [-0.39, 0.29) is 18.8 Å². The molecule has 3 rings (SSSR count). The van der Waals surface area contributed by atoms with Crippen LogP contribution in [0.1, 0.15) is 52.4 Å². The molecule has 0 spiro atoms. The minimum atomic E-state index is -3.92. The highest BCUT2D eigenvalue weighted by atomic mass is 31.2. The fraction of sp³-hybridized carbons (Fsp3) is 0.650. The molecule has 0 unspecified atom stereocenters. The molecule has 0 saturated heterocycles. The van der Waals surface area contributed by atoms with Crippen molar-refractivity contribution in [2.45, 2.75) is 64.5 Å². The number of carbonyl (C=O) groups is 2. The van der Waals surface area contributed by atoms with Gasteiger partial charge in [-0.15, -0.1) is 0 Å². The first-order valence-electron chi connectivity index (χ1n) is 11.0. The summed E-state index contributed by atoms with van der Waals surface area (Å²) in [6.07, 6.45) is 5.73. The Morgan fingerprint density at radius 3 is 2.26 bits per heavy atom. The molecule has 2 aromatic heterocycles. The first-order valence-corrected chi connectivity index (χ1v) is 12.8. The van der Waals surface area contributed by atoms with Crippen molar-refractivity contribution in [3.63, 3.8) is 0 Å². The lowest BCUT2D eigenvalue weighted by atomic mass is 10.3. The van der Waals surface area contributed by atoms with Gasteiger partial charge in [-0.05, 0) is 25.7 Å².